The fraction of sp³-hybridized carbons (Fsp3) is 0.500. The second kappa shape index (κ2) is 7.95. The van der Waals surface area contributed by atoms with Crippen LogP contribution in [-0.2, 0) is 20.8 Å². The van der Waals surface area contributed by atoms with Gasteiger partial charge in [-0.25, -0.2) is 4.79 Å². The number of rotatable bonds is 7. The fourth-order valence-corrected chi connectivity index (χ4v) is 2.88. The maximum Gasteiger partial charge on any atom is 0.326 e. The fourth-order valence-electron chi connectivity index (χ4n) is 2.88. The Bertz CT molecular complexity index is 629. The number of fused-ring (bicyclic) bond motifs is 1. The lowest BCUT2D eigenvalue weighted by Gasteiger charge is -2.29. The molecule has 1 aliphatic heterocycles. The number of nitrogens with one attached hydrogen (secondary N) is 1. The molecule has 0 spiro atoms. The molecule has 1 aliphatic rings. The normalized spacial score (nSPS) is 16.2. The highest BCUT2D eigenvalue weighted by Gasteiger charge is 2.27. The molecule has 2 atom stereocenters. The Morgan fingerprint density at radius 1 is 1.29 bits per heavy atom. The zero-order valence-electron chi connectivity index (χ0n) is 14.1. The van der Waals surface area contributed by atoms with E-state index in [-0.39, 0.29) is 30.7 Å². The Kier molecular flexibility index (Phi) is 5.95. The summed E-state index contributed by atoms with van der Waals surface area (Å²) in [4.78, 5) is 37.2. The van der Waals surface area contributed by atoms with Crippen molar-refractivity contribution < 1.29 is 19.5 Å². The molecule has 0 aliphatic carbocycles. The van der Waals surface area contributed by atoms with Gasteiger partial charge in [0.2, 0.25) is 11.8 Å². The summed E-state index contributed by atoms with van der Waals surface area (Å²) < 4.78 is 0. The van der Waals surface area contributed by atoms with Gasteiger partial charge in [0, 0.05) is 25.1 Å². The zero-order valence-corrected chi connectivity index (χ0v) is 14.1. The van der Waals surface area contributed by atoms with Crippen molar-refractivity contribution in [1.82, 2.24) is 5.32 Å². The van der Waals surface area contributed by atoms with E-state index in [0.717, 1.165) is 11.3 Å². The molecule has 2 amide bonds. The van der Waals surface area contributed by atoms with Crippen LogP contribution in [0.4, 0.5) is 5.69 Å². The topological polar surface area (TPSA) is 86.7 Å². The molecule has 1 heterocycles. The highest BCUT2D eigenvalue weighted by atomic mass is 16.4. The Hall–Kier alpha value is -2.37. The van der Waals surface area contributed by atoms with Crippen molar-refractivity contribution in [3.63, 3.8) is 0 Å². The molecular formula is C18H24N2O4. The van der Waals surface area contributed by atoms with E-state index in [9.17, 15) is 19.5 Å². The summed E-state index contributed by atoms with van der Waals surface area (Å²) in [5, 5.41) is 11.8. The van der Waals surface area contributed by atoms with Gasteiger partial charge in [-0.1, -0.05) is 38.5 Å². The zero-order chi connectivity index (χ0) is 17.7. The number of carboxylic acids is 1. The van der Waals surface area contributed by atoms with Crippen molar-refractivity contribution in [2.45, 2.75) is 45.6 Å². The van der Waals surface area contributed by atoms with Gasteiger partial charge in [0.25, 0.3) is 0 Å². The lowest BCUT2D eigenvalue weighted by molar-refractivity contribution is -0.143. The molecule has 130 valence electrons. The third-order valence-corrected chi connectivity index (χ3v) is 4.55. The smallest absolute Gasteiger partial charge is 0.326 e. The Labute approximate surface area is 141 Å². The number of para-hydroxylation sites is 1. The van der Waals surface area contributed by atoms with Crippen molar-refractivity contribution in [1.29, 1.82) is 0 Å². The number of aryl methyl sites for hydroxylation is 1. The van der Waals surface area contributed by atoms with E-state index in [1.54, 1.807) is 11.8 Å². The second-order valence-electron chi connectivity index (χ2n) is 6.19. The van der Waals surface area contributed by atoms with Gasteiger partial charge in [0.1, 0.15) is 6.04 Å². The van der Waals surface area contributed by atoms with E-state index in [1.165, 1.54) is 0 Å². The van der Waals surface area contributed by atoms with Crippen LogP contribution in [0.2, 0.25) is 0 Å². The molecule has 0 saturated carbocycles. The third kappa shape index (κ3) is 4.13. The van der Waals surface area contributed by atoms with Gasteiger partial charge in [-0.3, -0.25) is 9.59 Å². The number of amides is 2. The molecule has 0 saturated heterocycles. The second-order valence-corrected chi connectivity index (χ2v) is 6.19. The summed E-state index contributed by atoms with van der Waals surface area (Å²) in [5.41, 5.74) is 1.94. The first-order chi connectivity index (χ1) is 11.4. The number of hydrogen-bond donors (Lipinski definition) is 2. The standard InChI is InChI=1S/C18H24N2O4/c1-3-12(2)17(18(23)24)19-15(21)10-11-20-14-7-5-4-6-13(14)8-9-16(20)22/h4-7,12,17H,3,8-11H2,1-2H3,(H,19,21)(H,23,24)/t12-,17-/m0/s1. The van der Waals surface area contributed by atoms with Crippen LogP contribution in [0.3, 0.4) is 0 Å². The van der Waals surface area contributed by atoms with Crippen molar-refractivity contribution in [2.75, 3.05) is 11.4 Å². The minimum Gasteiger partial charge on any atom is -0.480 e. The van der Waals surface area contributed by atoms with E-state index < -0.39 is 12.0 Å². The molecule has 0 fully saturated rings. The first-order valence-electron chi connectivity index (χ1n) is 8.34. The predicted molar refractivity (Wildman–Crippen MR) is 90.8 cm³/mol. The van der Waals surface area contributed by atoms with Crippen LogP contribution in [-0.4, -0.2) is 35.5 Å². The quantitative estimate of drug-likeness (QED) is 0.799. The van der Waals surface area contributed by atoms with Crippen LogP contribution in [0, 0.1) is 5.92 Å². The molecule has 6 heteroatoms. The molecule has 0 bridgehead atoms. The van der Waals surface area contributed by atoms with Crippen LogP contribution in [0.25, 0.3) is 0 Å². The number of carboxylic acid groups (broad SMARTS) is 1. The SMILES string of the molecule is CC[C@H](C)[C@H](NC(=O)CCN1C(=O)CCc2ccccc21)C(=O)O. The van der Waals surface area contributed by atoms with Gasteiger partial charge in [-0.2, -0.15) is 0 Å². The highest BCUT2D eigenvalue weighted by molar-refractivity contribution is 5.97. The predicted octanol–water partition coefficient (Wildman–Crippen LogP) is 1.97. The Balaban J connectivity index is 1.99. The number of benzene rings is 1. The average Bonchev–Trinajstić information content (AvgIpc) is 2.57. The van der Waals surface area contributed by atoms with Crippen LogP contribution in [0.15, 0.2) is 24.3 Å². The minimum absolute atomic E-state index is 0.00166. The third-order valence-electron chi connectivity index (χ3n) is 4.55. The maximum absolute atomic E-state index is 12.2. The van der Waals surface area contributed by atoms with Crippen molar-refractivity contribution in [3.05, 3.63) is 29.8 Å². The van der Waals surface area contributed by atoms with E-state index in [0.29, 0.717) is 19.3 Å². The lowest BCUT2D eigenvalue weighted by atomic mass is 9.99. The first kappa shape index (κ1) is 18.0. The van der Waals surface area contributed by atoms with Gasteiger partial charge in [0.05, 0.1) is 0 Å². The molecule has 0 aromatic heterocycles. The van der Waals surface area contributed by atoms with E-state index in [1.807, 2.05) is 31.2 Å². The van der Waals surface area contributed by atoms with Crippen LogP contribution in [0.1, 0.15) is 38.7 Å². The Morgan fingerprint density at radius 2 is 2.00 bits per heavy atom. The van der Waals surface area contributed by atoms with Gasteiger partial charge in [-0.15, -0.1) is 0 Å². The van der Waals surface area contributed by atoms with Gasteiger partial charge < -0.3 is 15.3 Å². The minimum atomic E-state index is -1.03. The summed E-state index contributed by atoms with van der Waals surface area (Å²) >= 11 is 0. The highest BCUT2D eigenvalue weighted by Crippen LogP contribution is 2.27. The number of carbonyl (C=O) groups excluding carboxylic acids is 2. The molecule has 24 heavy (non-hydrogen) atoms. The maximum atomic E-state index is 12.2. The van der Waals surface area contributed by atoms with Crippen LogP contribution >= 0.6 is 0 Å². The van der Waals surface area contributed by atoms with Crippen LogP contribution < -0.4 is 10.2 Å². The summed E-state index contributed by atoms with van der Waals surface area (Å²) in [7, 11) is 0. The first-order valence-corrected chi connectivity index (χ1v) is 8.34. The average molecular weight is 332 g/mol. The molecule has 0 radical (unpaired) electrons. The van der Waals surface area contributed by atoms with E-state index in [4.69, 9.17) is 0 Å². The molecule has 6 nitrogen and oxygen atoms in total. The summed E-state index contributed by atoms with van der Waals surface area (Å²) in [5.74, 6) is -1.53. The van der Waals surface area contributed by atoms with Crippen LogP contribution in [0.5, 0.6) is 0 Å². The molecule has 1 aromatic carbocycles. The van der Waals surface area contributed by atoms with E-state index >= 15 is 0 Å². The molecule has 0 unspecified atom stereocenters. The Morgan fingerprint density at radius 3 is 2.67 bits per heavy atom. The summed E-state index contributed by atoms with van der Waals surface area (Å²) in [6, 6.07) is 6.77. The summed E-state index contributed by atoms with van der Waals surface area (Å²) in [6.45, 7) is 3.94. The van der Waals surface area contributed by atoms with Crippen molar-refractivity contribution in [3.8, 4) is 0 Å². The number of hydrogen-bond acceptors (Lipinski definition) is 3. The largest absolute Gasteiger partial charge is 0.480 e. The number of nitrogens with zero attached hydrogens (tertiary/aromatic N) is 1. The number of carbonyl (C=O) groups is 3. The van der Waals surface area contributed by atoms with Crippen molar-refractivity contribution >= 4 is 23.5 Å². The number of aliphatic carboxylic acids is 1. The monoisotopic (exact) mass is 332 g/mol. The lowest BCUT2D eigenvalue weighted by Crippen LogP contribution is -2.46. The van der Waals surface area contributed by atoms with E-state index in [2.05, 4.69) is 5.32 Å². The summed E-state index contributed by atoms with van der Waals surface area (Å²) in [6.07, 6.45) is 1.89. The van der Waals surface area contributed by atoms with Gasteiger partial charge >= 0.3 is 5.97 Å². The molecular weight excluding hydrogens is 308 g/mol. The molecule has 2 N–H and O–H groups in total. The van der Waals surface area contributed by atoms with Crippen molar-refractivity contribution in [2.24, 2.45) is 5.92 Å². The molecule has 2 rings (SSSR count). The molecule has 1 aromatic rings. The van der Waals surface area contributed by atoms with Gasteiger partial charge in [0.15, 0.2) is 0 Å². The number of anilines is 1. The van der Waals surface area contributed by atoms with Gasteiger partial charge in [-0.05, 0) is 24.0 Å².